The van der Waals surface area contributed by atoms with E-state index in [0.29, 0.717) is 11.3 Å². The fourth-order valence-corrected chi connectivity index (χ4v) is 3.54. The third-order valence-electron chi connectivity index (χ3n) is 5.24. The molecule has 150 valence electrons. The lowest BCUT2D eigenvalue weighted by atomic mass is 10.1. The summed E-state index contributed by atoms with van der Waals surface area (Å²) in [6.07, 6.45) is 3.97. The minimum atomic E-state index is -0.480. The predicted molar refractivity (Wildman–Crippen MR) is 112 cm³/mol. The molecular weight excluding hydrogens is 366 g/mol. The highest BCUT2D eigenvalue weighted by atomic mass is 16.5. The van der Waals surface area contributed by atoms with Crippen LogP contribution in [-0.4, -0.2) is 29.0 Å². The highest BCUT2D eigenvalue weighted by Gasteiger charge is 2.19. The summed E-state index contributed by atoms with van der Waals surface area (Å²) in [6, 6.07) is 10.6. The van der Waals surface area contributed by atoms with Gasteiger partial charge in [0.15, 0.2) is 5.78 Å². The van der Waals surface area contributed by atoms with Crippen LogP contribution in [0.4, 0.5) is 5.69 Å². The Morgan fingerprint density at radius 1 is 1.31 bits per heavy atom. The van der Waals surface area contributed by atoms with Gasteiger partial charge in [-0.2, -0.15) is 5.26 Å². The first kappa shape index (κ1) is 20.6. The molecule has 0 aliphatic carbocycles. The van der Waals surface area contributed by atoms with Crippen LogP contribution in [-0.2, 0) is 16.1 Å². The quantitative estimate of drug-likeness (QED) is 0.458. The standard InChI is InChI=1S/C23H25N3O3/c1-15-11-19(16(2)26(15)14-22-5-4-10-29-22)12-20(13-24)23(28)25-21-8-6-18(7-9-21)17(3)27/h6-9,11-12,22H,4-5,10,14H2,1-3H3,(H,25,28)/b20-12+/t22-/m1/s1. The van der Waals surface area contributed by atoms with Crippen molar-refractivity contribution in [2.75, 3.05) is 11.9 Å². The number of nitrogens with one attached hydrogen (secondary N) is 1. The van der Waals surface area contributed by atoms with Gasteiger partial charge in [-0.15, -0.1) is 0 Å². The van der Waals surface area contributed by atoms with Gasteiger partial charge < -0.3 is 14.6 Å². The third kappa shape index (κ3) is 4.82. The number of hydrogen-bond donors (Lipinski definition) is 1. The van der Waals surface area contributed by atoms with Gasteiger partial charge >= 0.3 is 0 Å². The Kier molecular flexibility index (Phi) is 6.30. The summed E-state index contributed by atoms with van der Waals surface area (Å²) in [4.78, 5) is 23.9. The Balaban J connectivity index is 1.77. The molecule has 2 aromatic rings. The number of carbonyl (C=O) groups is 2. The molecule has 1 N–H and O–H groups in total. The molecule has 2 heterocycles. The number of ether oxygens (including phenoxy) is 1. The summed E-state index contributed by atoms with van der Waals surface area (Å²) in [5.41, 5.74) is 4.05. The molecule has 3 rings (SSSR count). The van der Waals surface area contributed by atoms with E-state index in [0.717, 1.165) is 42.9 Å². The largest absolute Gasteiger partial charge is 0.376 e. The maximum absolute atomic E-state index is 12.6. The van der Waals surface area contributed by atoms with Gasteiger partial charge in [0, 0.05) is 35.8 Å². The molecule has 0 radical (unpaired) electrons. The number of anilines is 1. The number of ketones is 1. The van der Waals surface area contributed by atoms with Crippen LogP contribution in [0.15, 0.2) is 35.9 Å². The minimum Gasteiger partial charge on any atom is -0.376 e. The van der Waals surface area contributed by atoms with E-state index in [4.69, 9.17) is 4.74 Å². The number of benzene rings is 1. The van der Waals surface area contributed by atoms with Gasteiger partial charge in [0.1, 0.15) is 11.6 Å². The van der Waals surface area contributed by atoms with Gasteiger partial charge in [-0.1, -0.05) is 0 Å². The number of carbonyl (C=O) groups excluding carboxylic acids is 2. The zero-order valence-corrected chi connectivity index (χ0v) is 17.0. The van der Waals surface area contributed by atoms with Gasteiger partial charge in [0.05, 0.1) is 6.10 Å². The van der Waals surface area contributed by atoms with Crippen molar-refractivity contribution in [3.8, 4) is 6.07 Å². The zero-order chi connectivity index (χ0) is 21.0. The van der Waals surface area contributed by atoms with Crippen LogP contribution < -0.4 is 5.32 Å². The van der Waals surface area contributed by atoms with Gasteiger partial charge in [0.2, 0.25) is 0 Å². The third-order valence-corrected chi connectivity index (χ3v) is 5.24. The van der Waals surface area contributed by atoms with E-state index in [2.05, 4.69) is 9.88 Å². The second kappa shape index (κ2) is 8.89. The van der Waals surface area contributed by atoms with E-state index in [9.17, 15) is 14.9 Å². The summed E-state index contributed by atoms with van der Waals surface area (Å²) in [5, 5.41) is 12.2. The lowest BCUT2D eigenvalue weighted by Crippen LogP contribution is -2.17. The molecule has 1 saturated heterocycles. The smallest absolute Gasteiger partial charge is 0.266 e. The number of nitrogens with zero attached hydrogens (tertiary/aromatic N) is 2. The molecule has 1 aliphatic rings. The lowest BCUT2D eigenvalue weighted by molar-refractivity contribution is -0.112. The first-order valence-corrected chi connectivity index (χ1v) is 9.71. The Morgan fingerprint density at radius 2 is 2.03 bits per heavy atom. The van der Waals surface area contributed by atoms with Gasteiger partial charge in [-0.25, -0.2) is 0 Å². The number of nitriles is 1. The molecule has 1 fully saturated rings. The Hall–Kier alpha value is -3.17. The van der Waals surface area contributed by atoms with Crippen molar-refractivity contribution >= 4 is 23.5 Å². The van der Waals surface area contributed by atoms with Gasteiger partial charge in [-0.3, -0.25) is 9.59 Å². The van der Waals surface area contributed by atoms with Crippen molar-refractivity contribution in [2.24, 2.45) is 0 Å². The highest BCUT2D eigenvalue weighted by molar-refractivity contribution is 6.09. The maximum atomic E-state index is 12.6. The monoisotopic (exact) mass is 391 g/mol. The number of amides is 1. The molecule has 1 aliphatic heterocycles. The molecular formula is C23H25N3O3. The number of hydrogen-bond acceptors (Lipinski definition) is 4. The Labute approximate surface area is 170 Å². The van der Waals surface area contributed by atoms with Crippen molar-refractivity contribution in [3.63, 3.8) is 0 Å². The Morgan fingerprint density at radius 3 is 2.62 bits per heavy atom. The highest BCUT2D eigenvalue weighted by Crippen LogP contribution is 2.22. The summed E-state index contributed by atoms with van der Waals surface area (Å²) in [6.45, 7) is 7.08. The van der Waals surface area contributed by atoms with Crippen LogP contribution in [0.5, 0.6) is 0 Å². The molecule has 1 aromatic heterocycles. The number of aromatic nitrogens is 1. The van der Waals surface area contributed by atoms with Crippen LogP contribution in [0.2, 0.25) is 0 Å². The van der Waals surface area contributed by atoms with E-state index in [1.165, 1.54) is 6.92 Å². The molecule has 6 heteroatoms. The van der Waals surface area contributed by atoms with E-state index in [1.54, 1.807) is 30.3 Å². The molecule has 1 amide bonds. The topological polar surface area (TPSA) is 84.1 Å². The minimum absolute atomic E-state index is 0.0259. The predicted octanol–water partition coefficient (Wildman–Crippen LogP) is 4.03. The van der Waals surface area contributed by atoms with Crippen molar-refractivity contribution in [3.05, 3.63) is 58.4 Å². The number of Topliss-reactive ketones (excluding diaryl/α,β-unsaturated/α-hetero) is 1. The molecule has 29 heavy (non-hydrogen) atoms. The van der Waals surface area contributed by atoms with Crippen molar-refractivity contribution in [1.82, 2.24) is 4.57 Å². The second-order valence-electron chi connectivity index (χ2n) is 7.33. The van der Waals surface area contributed by atoms with Gasteiger partial charge in [0.25, 0.3) is 5.91 Å². The van der Waals surface area contributed by atoms with E-state index in [1.807, 2.05) is 26.0 Å². The van der Waals surface area contributed by atoms with Crippen LogP contribution in [0.1, 0.15) is 47.1 Å². The zero-order valence-electron chi connectivity index (χ0n) is 17.0. The van der Waals surface area contributed by atoms with Crippen molar-refractivity contribution in [2.45, 2.75) is 46.3 Å². The van der Waals surface area contributed by atoms with E-state index >= 15 is 0 Å². The number of aryl methyl sites for hydroxylation is 1. The molecule has 1 aromatic carbocycles. The van der Waals surface area contributed by atoms with Gasteiger partial charge in [-0.05, 0) is 75.6 Å². The number of rotatable bonds is 6. The fourth-order valence-electron chi connectivity index (χ4n) is 3.54. The molecule has 0 unspecified atom stereocenters. The van der Waals surface area contributed by atoms with Crippen molar-refractivity contribution in [1.29, 1.82) is 5.26 Å². The average Bonchev–Trinajstić information content (AvgIpc) is 3.30. The molecule has 0 bridgehead atoms. The Bertz CT molecular complexity index is 988. The van der Waals surface area contributed by atoms with Crippen LogP contribution >= 0.6 is 0 Å². The summed E-state index contributed by atoms with van der Waals surface area (Å²) in [5.74, 6) is -0.522. The van der Waals surface area contributed by atoms with E-state index < -0.39 is 5.91 Å². The van der Waals surface area contributed by atoms with E-state index in [-0.39, 0.29) is 17.5 Å². The fraction of sp³-hybridized carbons (Fsp3) is 0.348. The lowest BCUT2D eigenvalue weighted by Gasteiger charge is -2.14. The molecule has 0 saturated carbocycles. The summed E-state index contributed by atoms with van der Waals surface area (Å²) >= 11 is 0. The van der Waals surface area contributed by atoms with Crippen LogP contribution in [0, 0.1) is 25.2 Å². The summed E-state index contributed by atoms with van der Waals surface area (Å²) < 4.78 is 7.91. The second-order valence-corrected chi connectivity index (χ2v) is 7.33. The average molecular weight is 391 g/mol. The maximum Gasteiger partial charge on any atom is 0.266 e. The molecule has 0 spiro atoms. The molecule has 6 nitrogen and oxygen atoms in total. The van der Waals surface area contributed by atoms with Crippen LogP contribution in [0.25, 0.3) is 6.08 Å². The first-order chi connectivity index (χ1) is 13.9. The van der Waals surface area contributed by atoms with Crippen molar-refractivity contribution < 1.29 is 14.3 Å². The normalized spacial score (nSPS) is 16.5. The SMILES string of the molecule is CC(=O)c1ccc(NC(=O)/C(C#N)=C/c2cc(C)n(C[C@H]3CCCO3)c2C)cc1. The summed E-state index contributed by atoms with van der Waals surface area (Å²) in [7, 11) is 0. The molecule has 1 atom stereocenters. The van der Waals surface area contributed by atoms with Crippen LogP contribution in [0.3, 0.4) is 0 Å². The first-order valence-electron chi connectivity index (χ1n) is 9.71.